The molecule has 0 bridgehead atoms. The topological polar surface area (TPSA) is 20.2 Å². The van der Waals surface area contributed by atoms with E-state index in [0.29, 0.717) is 10.8 Å². The zero-order valence-electron chi connectivity index (χ0n) is 14.6. The van der Waals surface area contributed by atoms with E-state index in [1.54, 1.807) is 11.1 Å². The number of hydrogen-bond acceptors (Lipinski definition) is 1. The van der Waals surface area contributed by atoms with Gasteiger partial charge in [-0.05, 0) is 86.9 Å². The Hall–Kier alpha value is -0.560. The zero-order chi connectivity index (χ0) is 15.5. The van der Waals surface area contributed by atoms with E-state index in [0.717, 1.165) is 30.6 Å². The van der Waals surface area contributed by atoms with E-state index in [2.05, 4.69) is 32.9 Å². The van der Waals surface area contributed by atoms with Gasteiger partial charge in [-0.15, -0.1) is 0 Å². The standard InChI is InChI=1S/C21H32O/c1-4-14-6-8-18-17-7-5-15-13-16(22)9-11-21(15,3)19(17)10-12-20(14,18)2/h4,10,15-18,22H,5-9,11-13H2,1-3H3/b14-4-/t15-,16+,17+,18+,20-,21+/m1/s1. The average molecular weight is 300 g/mol. The fraction of sp³-hybridized carbons (Fsp3) is 0.810. The molecule has 3 saturated carbocycles. The summed E-state index contributed by atoms with van der Waals surface area (Å²) in [4.78, 5) is 0. The molecular weight excluding hydrogens is 268 g/mol. The van der Waals surface area contributed by atoms with Gasteiger partial charge in [0.1, 0.15) is 0 Å². The van der Waals surface area contributed by atoms with Gasteiger partial charge in [-0.3, -0.25) is 0 Å². The molecule has 1 N–H and O–H groups in total. The first-order chi connectivity index (χ1) is 10.5. The van der Waals surface area contributed by atoms with Gasteiger partial charge >= 0.3 is 0 Å². The molecule has 0 spiro atoms. The number of fused-ring (bicyclic) bond motifs is 5. The van der Waals surface area contributed by atoms with Gasteiger partial charge in [0, 0.05) is 0 Å². The fourth-order valence-electron chi connectivity index (χ4n) is 6.83. The summed E-state index contributed by atoms with van der Waals surface area (Å²) in [5.74, 6) is 2.43. The molecule has 6 atom stereocenters. The van der Waals surface area contributed by atoms with Gasteiger partial charge in [0.2, 0.25) is 0 Å². The molecule has 1 heteroatoms. The Balaban J connectivity index is 1.71. The molecule has 0 saturated heterocycles. The van der Waals surface area contributed by atoms with Crippen molar-refractivity contribution in [2.75, 3.05) is 0 Å². The lowest BCUT2D eigenvalue weighted by Crippen LogP contribution is -2.47. The minimum Gasteiger partial charge on any atom is -0.393 e. The summed E-state index contributed by atoms with van der Waals surface area (Å²) in [5, 5.41) is 10.1. The molecule has 4 aliphatic rings. The molecule has 1 nitrogen and oxygen atoms in total. The molecule has 0 heterocycles. The second kappa shape index (κ2) is 4.97. The maximum absolute atomic E-state index is 10.1. The van der Waals surface area contributed by atoms with Crippen molar-refractivity contribution < 1.29 is 5.11 Å². The van der Waals surface area contributed by atoms with E-state index in [1.807, 2.05) is 0 Å². The van der Waals surface area contributed by atoms with Gasteiger partial charge in [-0.25, -0.2) is 0 Å². The predicted octanol–water partition coefficient (Wildman–Crippen LogP) is 5.26. The third-order valence-corrected chi connectivity index (χ3v) is 8.20. The van der Waals surface area contributed by atoms with Crippen LogP contribution in [0.3, 0.4) is 0 Å². The zero-order valence-corrected chi connectivity index (χ0v) is 14.6. The van der Waals surface area contributed by atoms with Crippen LogP contribution in [-0.4, -0.2) is 11.2 Å². The van der Waals surface area contributed by atoms with Gasteiger partial charge in [-0.2, -0.15) is 0 Å². The summed E-state index contributed by atoms with van der Waals surface area (Å²) in [6, 6.07) is 0. The SMILES string of the molecule is C/C=C1/CC[C@H]2[C@@H]3CC[C@@H]4C[C@@H](O)CC[C@]4(C)C3=CC[C@]12C. The highest BCUT2D eigenvalue weighted by Gasteiger charge is 2.55. The van der Waals surface area contributed by atoms with Crippen LogP contribution >= 0.6 is 0 Å². The van der Waals surface area contributed by atoms with Crippen LogP contribution in [0.4, 0.5) is 0 Å². The monoisotopic (exact) mass is 300 g/mol. The molecule has 0 aromatic rings. The first-order valence-corrected chi connectivity index (χ1v) is 9.53. The number of rotatable bonds is 0. The van der Waals surface area contributed by atoms with Gasteiger partial charge in [0.05, 0.1) is 6.10 Å². The van der Waals surface area contributed by atoms with E-state index in [4.69, 9.17) is 0 Å². The second-order valence-corrected chi connectivity index (χ2v) is 8.97. The van der Waals surface area contributed by atoms with E-state index in [9.17, 15) is 5.11 Å². The van der Waals surface area contributed by atoms with Crippen LogP contribution in [0.25, 0.3) is 0 Å². The molecule has 22 heavy (non-hydrogen) atoms. The Labute approximate surface area is 135 Å². The fourth-order valence-corrected chi connectivity index (χ4v) is 6.83. The van der Waals surface area contributed by atoms with Gasteiger partial charge in [0.25, 0.3) is 0 Å². The Morgan fingerprint density at radius 2 is 1.95 bits per heavy atom. The van der Waals surface area contributed by atoms with Crippen LogP contribution in [0.2, 0.25) is 0 Å². The number of hydrogen-bond donors (Lipinski definition) is 1. The van der Waals surface area contributed by atoms with E-state index in [1.165, 1.54) is 38.5 Å². The Morgan fingerprint density at radius 3 is 2.73 bits per heavy atom. The third-order valence-electron chi connectivity index (χ3n) is 8.20. The maximum Gasteiger partial charge on any atom is 0.0543 e. The molecule has 3 fully saturated rings. The van der Waals surface area contributed by atoms with Crippen molar-refractivity contribution in [1.29, 1.82) is 0 Å². The summed E-state index contributed by atoms with van der Waals surface area (Å²) in [5.41, 5.74) is 4.36. The normalized spacial score (nSPS) is 52.7. The molecule has 0 unspecified atom stereocenters. The van der Waals surface area contributed by atoms with E-state index < -0.39 is 0 Å². The van der Waals surface area contributed by atoms with Crippen LogP contribution in [0, 0.1) is 28.6 Å². The van der Waals surface area contributed by atoms with Gasteiger partial charge in [0.15, 0.2) is 0 Å². The average Bonchev–Trinajstić information content (AvgIpc) is 2.84. The third kappa shape index (κ3) is 1.87. The van der Waals surface area contributed by atoms with Crippen molar-refractivity contribution >= 4 is 0 Å². The molecule has 0 radical (unpaired) electrons. The van der Waals surface area contributed by atoms with Crippen molar-refractivity contribution in [2.24, 2.45) is 28.6 Å². The smallest absolute Gasteiger partial charge is 0.0543 e. The summed E-state index contributed by atoms with van der Waals surface area (Å²) in [7, 11) is 0. The number of aliphatic hydroxyl groups is 1. The Bertz CT molecular complexity index is 530. The maximum atomic E-state index is 10.1. The van der Waals surface area contributed by atoms with E-state index in [-0.39, 0.29) is 6.10 Å². The second-order valence-electron chi connectivity index (χ2n) is 8.97. The minimum atomic E-state index is -0.0369. The molecular formula is C21H32O. The Morgan fingerprint density at radius 1 is 1.14 bits per heavy atom. The van der Waals surface area contributed by atoms with Crippen molar-refractivity contribution in [3.05, 3.63) is 23.3 Å². The predicted molar refractivity (Wildman–Crippen MR) is 91.5 cm³/mol. The lowest BCUT2D eigenvalue weighted by Gasteiger charge is -2.56. The molecule has 4 aliphatic carbocycles. The minimum absolute atomic E-state index is 0.0369. The highest BCUT2D eigenvalue weighted by atomic mass is 16.3. The van der Waals surface area contributed by atoms with E-state index >= 15 is 0 Å². The number of allylic oxidation sites excluding steroid dienone is 4. The van der Waals surface area contributed by atoms with Crippen molar-refractivity contribution in [3.8, 4) is 0 Å². The summed E-state index contributed by atoms with van der Waals surface area (Å²) >= 11 is 0. The van der Waals surface area contributed by atoms with Crippen LogP contribution < -0.4 is 0 Å². The van der Waals surface area contributed by atoms with Crippen molar-refractivity contribution in [3.63, 3.8) is 0 Å². The summed E-state index contributed by atoms with van der Waals surface area (Å²) in [6.45, 7) is 7.30. The van der Waals surface area contributed by atoms with Crippen LogP contribution in [0.1, 0.15) is 72.1 Å². The molecule has 0 aliphatic heterocycles. The summed E-state index contributed by atoms with van der Waals surface area (Å²) < 4.78 is 0. The lowest BCUT2D eigenvalue weighted by atomic mass is 9.49. The lowest BCUT2D eigenvalue weighted by molar-refractivity contribution is -0.00472. The molecule has 4 rings (SSSR count). The van der Waals surface area contributed by atoms with Crippen molar-refractivity contribution in [1.82, 2.24) is 0 Å². The Kier molecular flexibility index (Phi) is 3.39. The van der Waals surface area contributed by atoms with Crippen molar-refractivity contribution in [2.45, 2.75) is 78.2 Å². The van der Waals surface area contributed by atoms with Crippen LogP contribution in [0.5, 0.6) is 0 Å². The highest BCUT2D eigenvalue weighted by Crippen LogP contribution is 2.65. The largest absolute Gasteiger partial charge is 0.393 e. The highest BCUT2D eigenvalue weighted by molar-refractivity contribution is 5.34. The molecule has 0 aromatic heterocycles. The van der Waals surface area contributed by atoms with Crippen LogP contribution in [0.15, 0.2) is 23.3 Å². The van der Waals surface area contributed by atoms with Gasteiger partial charge in [-0.1, -0.05) is 37.1 Å². The number of aliphatic hydroxyl groups excluding tert-OH is 1. The summed E-state index contributed by atoms with van der Waals surface area (Å²) in [6.07, 6.45) is 15.0. The first kappa shape index (κ1) is 15.0. The first-order valence-electron chi connectivity index (χ1n) is 9.53. The molecule has 122 valence electrons. The molecule has 0 amide bonds. The van der Waals surface area contributed by atoms with Gasteiger partial charge < -0.3 is 5.11 Å². The molecule has 0 aromatic carbocycles. The van der Waals surface area contributed by atoms with Crippen LogP contribution in [-0.2, 0) is 0 Å². The quantitative estimate of drug-likeness (QED) is 0.605.